The Hall–Kier alpha value is -2.17. The predicted molar refractivity (Wildman–Crippen MR) is 74.3 cm³/mol. The average molecular weight is 259 g/mol. The maximum Gasteiger partial charge on any atom is 0.376 e. The van der Waals surface area contributed by atoms with Crippen LogP contribution in [-0.2, 0) is 4.74 Å². The van der Waals surface area contributed by atoms with Crippen molar-refractivity contribution in [2.45, 2.75) is 26.8 Å². The second kappa shape index (κ2) is 5.65. The van der Waals surface area contributed by atoms with Crippen molar-refractivity contribution in [2.24, 2.45) is 0 Å². The third kappa shape index (κ3) is 2.99. The van der Waals surface area contributed by atoms with E-state index in [1.54, 1.807) is 6.92 Å². The number of anilines is 1. The smallest absolute Gasteiger partial charge is 0.376 e. The summed E-state index contributed by atoms with van der Waals surface area (Å²) in [5, 5.41) is 4.12. The number of rotatable bonds is 4. The monoisotopic (exact) mass is 259 g/mol. The normalized spacial score (nSPS) is 10.7. The number of aromatic nitrogens is 2. The zero-order valence-corrected chi connectivity index (χ0v) is 11.3. The molecule has 0 amide bonds. The van der Waals surface area contributed by atoms with Crippen LogP contribution < -0.4 is 5.32 Å². The highest BCUT2D eigenvalue weighted by Gasteiger charge is 2.15. The molecule has 0 aliphatic carbocycles. The maximum absolute atomic E-state index is 11.8. The van der Waals surface area contributed by atoms with Gasteiger partial charge in [-0.25, -0.2) is 14.8 Å². The second-order valence-electron chi connectivity index (χ2n) is 4.43. The van der Waals surface area contributed by atoms with Gasteiger partial charge in [0, 0.05) is 11.4 Å². The summed E-state index contributed by atoms with van der Waals surface area (Å²) in [4.78, 5) is 20.3. The summed E-state index contributed by atoms with van der Waals surface area (Å²) in [6.07, 6.45) is 0. The summed E-state index contributed by atoms with van der Waals surface area (Å²) in [5.41, 5.74) is 0.726. The van der Waals surface area contributed by atoms with E-state index in [0.29, 0.717) is 12.4 Å². The second-order valence-corrected chi connectivity index (χ2v) is 4.43. The largest absolute Gasteiger partial charge is 0.460 e. The molecule has 1 heterocycles. The average Bonchev–Trinajstić information content (AvgIpc) is 2.38. The van der Waals surface area contributed by atoms with Gasteiger partial charge in [0.2, 0.25) is 5.82 Å². The summed E-state index contributed by atoms with van der Waals surface area (Å²) in [5.74, 6) is 0.243. The summed E-state index contributed by atoms with van der Waals surface area (Å²) in [6.45, 7) is 6.09. The molecule has 0 saturated heterocycles. The highest BCUT2D eigenvalue weighted by molar-refractivity contribution is 5.94. The number of para-hydroxylation sites is 1. The number of fused-ring (bicyclic) bond motifs is 1. The summed E-state index contributed by atoms with van der Waals surface area (Å²) < 4.78 is 4.95. The SMILES string of the molecule is CCOC(=O)c1nc(NC(C)C)c2ccccc2n1. The van der Waals surface area contributed by atoms with Crippen LogP contribution in [0, 0.1) is 0 Å². The summed E-state index contributed by atoms with van der Waals surface area (Å²) >= 11 is 0. The molecule has 2 aromatic rings. The third-order valence-corrected chi connectivity index (χ3v) is 2.49. The highest BCUT2D eigenvalue weighted by Crippen LogP contribution is 2.20. The molecule has 0 aliphatic rings. The molecule has 1 N–H and O–H groups in total. The van der Waals surface area contributed by atoms with Gasteiger partial charge < -0.3 is 10.1 Å². The van der Waals surface area contributed by atoms with Crippen molar-refractivity contribution in [2.75, 3.05) is 11.9 Å². The van der Waals surface area contributed by atoms with E-state index in [9.17, 15) is 4.79 Å². The van der Waals surface area contributed by atoms with Crippen molar-refractivity contribution in [1.29, 1.82) is 0 Å². The molecule has 100 valence electrons. The molecular formula is C14H17N3O2. The number of carbonyl (C=O) groups excluding carboxylic acids is 1. The minimum Gasteiger partial charge on any atom is -0.460 e. The van der Waals surface area contributed by atoms with Gasteiger partial charge in [-0.2, -0.15) is 0 Å². The first-order chi connectivity index (χ1) is 9.11. The molecule has 19 heavy (non-hydrogen) atoms. The van der Waals surface area contributed by atoms with E-state index >= 15 is 0 Å². The number of ether oxygens (including phenoxy) is 1. The fourth-order valence-corrected chi connectivity index (χ4v) is 1.75. The van der Waals surface area contributed by atoms with Crippen LogP contribution >= 0.6 is 0 Å². The highest BCUT2D eigenvalue weighted by atomic mass is 16.5. The third-order valence-electron chi connectivity index (χ3n) is 2.49. The number of nitrogens with zero attached hydrogens (tertiary/aromatic N) is 2. The quantitative estimate of drug-likeness (QED) is 0.855. The molecule has 0 saturated carbocycles. The molecule has 5 nitrogen and oxygen atoms in total. The van der Waals surface area contributed by atoms with Crippen LogP contribution in [0.3, 0.4) is 0 Å². The van der Waals surface area contributed by atoms with Crippen LogP contribution in [0.25, 0.3) is 10.9 Å². The lowest BCUT2D eigenvalue weighted by Gasteiger charge is -2.12. The Balaban J connectivity index is 2.53. The fraction of sp³-hybridized carbons (Fsp3) is 0.357. The Labute approximate surface area is 112 Å². The first-order valence-corrected chi connectivity index (χ1v) is 6.32. The van der Waals surface area contributed by atoms with Crippen molar-refractivity contribution in [3.8, 4) is 0 Å². The van der Waals surface area contributed by atoms with Crippen molar-refractivity contribution in [3.63, 3.8) is 0 Å². The predicted octanol–water partition coefficient (Wildman–Crippen LogP) is 2.63. The van der Waals surface area contributed by atoms with E-state index in [0.717, 1.165) is 10.9 Å². The van der Waals surface area contributed by atoms with Crippen LogP contribution in [-0.4, -0.2) is 28.6 Å². The van der Waals surface area contributed by atoms with E-state index in [2.05, 4.69) is 15.3 Å². The lowest BCUT2D eigenvalue weighted by molar-refractivity contribution is 0.0512. The molecule has 0 unspecified atom stereocenters. The van der Waals surface area contributed by atoms with Gasteiger partial charge in [-0.1, -0.05) is 12.1 Å². The van der Waals surface area contributed by atoms with Gasteiger partial charge in [0.25, 0.3) is 0 Å². The number of esters is 1. The molecular weight excluding hydrogens is 242 g/mol. The molecule has 1 aromatic heterocycles. The van der Waals surface area contributed by atoms with Crippen LogP contribution in [0.1, 0.15) is 31.4 Å². The van der Waals surface area contributed by atoms with Crippen LogP contribution in [0.15, 0.2) is 24.3 Å². The van der Waals surface area contributed by atoms with Crippen molar-refractivity contribution >= 4 is 22.7 Å². The van der Waals surface area contributed by atoms with E-state index < -0.39 is 5.97 Å². The fourth-order valence-electron chi connectivity index (χ4n) is 1.75. The van der Waals surface area contributed by atoms with Gasteiger partial charge in [-0.3, -0.25) is 0 Å². The summed E-state index contributed by atoms with van der Waals surface area (Å²) in [6, 6.07) is 7.79. The Morgan fingerprint density at radius 1 is 1.32 bits per heavy atom. The van der Waals surface area contributed by atoms with Gasteiger partial charge in [-0.15, -0.1) is 0 Å². The minimum atomic E-state index is -0.500. The maximum atomic E-state index is 11.8. The van der Waals surface area contributed by atoms with E-state index in [4.69, 9.17) is 4.74 Å². The number of nitrogens with one attached hydrogen (secondary N) is 1. The van der Waals surface area contributed by atoms with E-state index in [-0.39, 0.29) is 11.9 Å². The van der Waals surface area contributed by atoms with E-state index in [1.165, 1.54) is 0 Å². The van der Waals surface area contributed by atoms with Crippen molar-refractivity contribution in [1.82, 2.24) is 9.97 Å². The van der Waals surface area contributed by atoms with Crippen LogP contribution in [0.2, 0.25) is 0 Å². The zero-order valence-electron chi connectivity index (χ0n) is 11.3. The van der Waals surface area contributed by atoms with Crippen molar-refractivity contribution < 1.29 is 9.53 Å². The molecule has 0 radical (unpaired) electrons. The first-order valence-electron chi connectivity index (χ1n) is 6.32. The van der Waals surface area contributed by atoms with E-state index in [1.807, 2.05) is 38.1 Å². The van der Waals surface area contributed by atoms with Crippen molar-refractivity contribution in [3.05, 3.63) is 30.1 Å². The standard InChI is InChI=1S/C14H17N3O2/c1-4-19-14(18)13-16-11-8-6-5-7-10(11)12(17-13)15-9(2)3/h5-9H,4H2,1-3H3,(H,15,16,17). The zero-order chi connectivity index (χ0) is 13.8. The molecule has 5 heteroatoms. The minimum absolute atomic E-state index is 0.0868. The van der Waals surface area contributed by atoms with Gasteiger partial charge in [0.1, 0.15) is 5.82 Å². The Morgan fingerprint density at radius 2 is 2.05 bits per heavy atom. The Morgan fingerprint density at radius 3 is 2.74 bits per heavy atom. The number of carbonyl (C=O) groups is 1. The van der Waals surface area contributed by atoms with Gasteiger partial charge >= 0.3 is 5.97 Å². The molecule has 1 aromatic carbocycles. The molecule has 0 spiro atoms. The molecule has 0 aliphatic heterocycles. The number of hydrogen-bond acceptors (Lipinski definition) is 5. The number of benzene rings is 1. The topological polar surface area (TPSA) is 64.1 Å². The summed E-state index contributed by atoms with van der Waals surface area (Å²) in [7, 11) is 0. The molecule has 2 rings (SSSR count). The lowest BCUT2D eigenvalue weighted by atomic mass is 10.2. The Kier molecular flexibility index (Phi) is 3.94. The van der Waals surface area contributed by atoms with Gasteiger partial charge in [0.05, 0.1) is 12.1 Å². The van der Waals surface area contributed by atoms with Crippen LogP contribution in [0.5, 0.6) is 0 Å². The Bertz CT molecular complexity index is 596. The van der Waals surface area contributed by atoms with Gasteiger partial charge in [-0.05, 0) is 32.9 Å². The van der Waals surface area contributed by atoms with Gasteiger partial charge in [0.15, 0.2) is 0 Å². The molecule has 0 atom stereocenters. The molecule has 0 bridgehead atoms. The lowest BCUT2D eigenvalue weighted by Crippen LogP contribution is -2.16. The number of hydrogen-bond donors (Lipinski definition) is 1. The molecule has 0 fully saturated rings. The van der Waals surface area contributed by atoms with Crippen LogP contribution in [0.4, 0.5) is 5.82 Å². The first kappa shape index (κ1) is 13.3.